The minimum atomic E-state index is -4.16. The van der Waals surface area contributed by atoms with Crippen LogP contribution in [0.3, 0.4) is 0 Å². The summed E-state index contributed by atoms with van der Waals surface area (Å²) < 4.78 is 42.4. The molecule has 1 spiro atoms. The number of amides is 1. The Morgan fingerprint density at radius 1 is 1.20 bits per heavy atom. The molecule has 4 aliphatic rings. The average Bonchev–Trinajstić information content (AvgIpc) is 3.49. The molecule has 2 aromatic carbocycles. The number of aryl methyl sites for hydroxylation is 1. The Bertz CT molecular complexity index is 1580. The van der Waals surface area contributed by atoms with Crippen LogP contribution in [0.15, 0.2) is 61.7 Å². The third-order valence-electron chi connectivity index (χ3n) is 10.2. The van der Waals surface area contributed by atoms with E-state index in [0.29, 0.717) is 37.1 Å². The maximum absolute atomic E-state index is 13.6. The number of benzene rings is 2. The monoisotopic (exact) mass is 669 g/mol. The molecule has 11 heteroatoms. The summed E-state index contributed by atoms with van der Waals surface area (Å²) in [6.45, 7) is 10.1. The van der Waals surface area contributed by atoms with E-state index in [4.69, 9.17) is 21.1 Å². The number of ether oxygens (including phenoxy) is 2. The van der Waals surface area contributed by atoms with Crippen LogP contribution in [-0.4, -0.2) is 75.3 Å². The summed E-state index contributed by atoms with van der Waals surface area (Å²) in [7, 11) is -4.16. The SMILES string of the molecule is C=CCN(C[C@@H]1CCCO1)S(=O)(=O)NC(=O)c1ccc2c(c1)N(C[C@@H]1CC[C@H]1C(O)C=C)C[C@@]1(CCCc3cc(Cl)ccc31)CO2. The maximum atomic E-state index is 13.6. The van der Waals surface area contributed by atoms with Crippen molar-refractivity contribution in [3.8, 4) is 5.75 Å². The van der Waals surface area contributed by atoms with Gasteiger partial charge in [-0.3, -0.25) is 4.79 Å². The highest BCUT2D eigenvalue weighted by atomic mass is 35.5. The van der Waals surface area contributed by atoms with E-state index in [1.807, 2.05) is 6.07 Å². The van der Waals surface area contributed by atoms with E-state index in [1.165, 1.54) is 21.5 Å². The van der Waals surface area contributed by atoms with Gasteiger partial charge in [0.25, 0.3) is 5.91 Å². The average molecular weight is 670 g/mol. The fraction of sp³-hybridized carbons (Fsp3) is 0.514. The van der Waals surface area contributed by atoms with E-state index in [1.54, 1.807) is 24.3 Å². The lowest BCUT2D eigenvalue weighted by molar-refractivity contribution is 0.0460. The van der Waals surface area contributed by atoms with Crippen LogP contribution in [0.25, 0.3) is 0 Å². The van der Waals surface area contributed by atoms with Gasteiger partial charge >= 0.3 is 10.2 Å². The van der Waals surface area contributed by atoms with Crippen LogP contribution < -0.4 is 14.4 Å². The number of aliphatic hydroxyl groups excluding tert-OH is 1. The van der Waals surface area contributed by atoms with E-state index in [9.17, 15) is 18.3 Å². The van der Waals surface area contributed by atoms with Crippen LogP contribution in [0.4, 0.5) is 5.69 Å². The molecule has 5 atom stereocenters. The number of rotatable bonds is 11. The summed E-state index contributed by atoms with van der Waals surface area (Å²) in [5.41, 5.74) is 3.12. The van der Waals surface area contributed by atoms with Crippen molar-refractivity contribution < 1.29 is 27.8 Å². The molecule has 46 heavy (non-hydrogen) atoms. The number of fused-ring (bicyclic) bond motifs is 3. The molecule has 0 aromatic heterocycles. The van der Waals surface area contributed by atoms with Crippen molar-refractivity contribution in [3.63, 3.8) is 0 Å². The number of carbonyl (C=O) groups excluding carboxylic acids is 1. The smallest absolute Gasteiger partial charge is 0.304 e. The summed E-state index contributed by atoms with van der Waals surface area (Å²) in [5, 5.41) is 11.3. The van der Waals surface area contributed by atoms with E-state index in [0.717, 1.165) is 50.6 Å². The molecular formula is C35H44ClN3O6S. The minimum Gasteiger partial charge on any atom is -0.490 e. The Morgan fingerprint density at radius 2 is 2.04 bits per heavy atom. The van der Waals surface area contributed by atoms with E-state index >= 15 is 0 Å². The number of anilines is 1. The first-order valence-corrected chi connectivity index (χ1v) is 18.1. The molecule has 0 radical (unpaired) electrons. The normalized spacial score (nSPS) is 26.3. The molecule has 2 N–H and O–H groups in total. The van der Waals surface area contributed by atoms with Gasteiger partial charge in [0.2, 0.25) is 0 Å². The van der Waals surface area contributed by atoms with Crippen LogP contribution in [0, 0.1) is 11.8 Å². The molecular weight excluding hydrogens is 626 g/mol. The number of nitrogens with one attached hydrogen (secondary N) is 1. The lowest BCUT2D eigenvalue weighted by Gasteiger charge is -2.45. The van der Waals surface area contributed by atoms with Crippen molar-refractivity contribution in [3.05, 3.63) is 83.4 Å². The van der Waals surface area contributed by atoms with E-state index < -0.39 is 22.2 Å². The number of hydrogen-bond acceptors (Lipinski definition) is 7. The van der Waals surface area contributed by atoms with Crippen LogP contribution in [0.1, 0.15) is 60.0 Å². The third kappa shape index (κ3) is 6.73. The van der Waals surface area contributed by atoms with Crippen LogP contribution in [0.5, 0.6) is 5.75 Å². The van der Waals surface area contributed by atoms with E-state index in [2.05, 4.69) is 34.9 Å². The summed E-state index contributed by atoms with van der Waals surface area (Å²) in [6.07, 6.45) is 8.75. The molecule has 2 fully saturated rings. The Balaban J connectivity index is 1.30. The van der Waals surface area contributed by atoms with Crippen LogP contribution in [-0.2, 0) is 26.8 Å². The highest BCUT2D eigenvalue weighted by Crippen LogP contribution is 2.46. The van der Waals surface area contributed by atoms with Gasteiger partial charge in [0, 0.05) is 48.8 Å². The Morgan fingerprint density at radius 3 is 2.76 bits per heavy atom. The Kier molecular flexibility index (Phi) is 9.83. The van der Waals surface area contributed by atoms with Gasteiger partial charge in [0.05, 0.1) is 24.5 Å². The second-order valence-corrected chi connectivity index (χ2v) is 15.3. The van der Waals surface area contributed by atoms with Crippen LogP contribution in [0.2, 0.25) is 5.02 Å². The number of halogens is 1. The standard InChI is InChI=1S/C35H44ClN3O6S/c1-3-16-39(21-28-8-6-17-44-28)46(42,43)37-34(41)25-10-14-33-31(19-25)38(20-26-9-12-29(26)32(40)4-2)22-35(23-45-33)15-5-7-24-18-27(36)11-13-30(24)35/h3-4,10-11,13-14,18-19,26,28-29,32,40H,1-2,5-9,12,15-17,20-23H2,(H,37,41)/t26-,28-,29+,32?,35-/m0/s1. The molecule has 2 aliphatic heterocycles. The first kappa shape index (κ1) is 33.0. The number of carbonyl (C=O) groups is 1. The summed E-state index contributed by atoms with van der Waals surface area (Å²) in [5.74, 6) is 0.260. The lowest BCUT2D eigenvalue weighted by atomic mass is 9.68. The van der Waals surface area contributed by atoms with Gasteiger partial charge < -0.3 is 19.5 Å². The second kappa shape index (κ2) is 13.7. The molecule has 2 aromatic rings. The Labute approximate surface area is 277 Å². The molecule has 1 saturated heterocycles. The zero-order valence-electron chi connectivity index (χ0n) is 26.2. The topological polar surface area (TPSA) is 108 Å². The molecule has 0 bridgehead atoms. The van der Waals surface area contributed by atoms with Crippen molar-refractivity contribution in [1.29, 1.82) is 0 Å². The molecule has 248 valence electrons. The highest BCUT2D eigenvalue weighted by Gasteiger charge is 2.44. The Hall–Kier alpha value is -2.89. The minimum absolute atomic E-state index is 0.0577. The maximum Gasteiger partial charge on any atom is 0.304 e. The number of nitrogens with zero attached hydrogens (tertiary/aromatic N) is 2. The van der Waals surface area contributed by atoms with Gasteiger partial charge in [0.15, 0.2) is 0 Å². The zero-order chi connectivity index (χ0) is 32.5. The van der Waals surface area contributed by atoms with Gasteiger partial charge in [-0.15, -0.1) is 13.2 Å². The van der Waals surface area contributed by atoms with Crippen molar-refractivity contribution in [2.24, 2.45) is 11.8 Å². The van der Waals surface area contributed by atoms with Crippen molar-refractivity contribution >= 4 is 33.4 Å². The van der Waals surface area contributed by atoms with Gasteiger partial charge in [-0.25, -0.2) is 4.72 Å². The summed E-state index contributed by atoms with van der Waals surface area (Å²) in [4.78, 5) is 15.8. The second-order valence-electron chi connectivity index (χ2n) is 13.2. The molecule has 1 saturated carbocycles. The number of aliphatic hydroxyl groups is 1. The molecule has 2 aliphatic carbocycles. The molecule has 2 heterocycles. The largest absolute Gasteiger partial charge is 0.490 e. The molecule has 1 amide bonds. The van der Waals surface area contributed by atoms with Gasteiger partial charge in [-0.05, 0) is 98.2 Å². The highest BCUT2D eigenvalue weighted by molar-refractivity contribution is 7.87. The van der Waals surface area contributed by atoms with Gasteiger partial charge in [0.1, 0.15) is 5.75 Å². The lowest BCUT2D eigenvalue weighted by Crippen LogP contribution is -2.49. The number of hydrogen-bond donors (Lipinski definition) is 2. The predicted molar refractivity (Wildman–Crippen MR) is 180 cm³/mol. The fourth-order valence-corrected chi connectivity index (χ4v) is 9.00. The third-order valence-corrected chi connectivity index (χ3v) is 11.9. The first-order chi connectivity index (χ1) is 22.1. The van der Waals surface area contributed by atoms with Crippen LogP contribution >= 0.6 is 11.6 Å². The van der Waals surface area contributed by atoms with Crippen molar-refractivity contribution in [2.45, 2.75) is 62.6 Å². The first-order valence-electron chi connectivity index (χ1n) is 16.3. The van der Waals surface area contributed by atoms with Crippen molar-refractivity contribution in [1.82, 2.24) is 9.03 Å². The predicted octanol–water partition coefficient (Wildman–Crippen LogP) is 5.03. The molecule has 6 rings (SSSR count). The zero-order valence-corrected chi connectivity index (χ0v) is 27.8. The molecule has 9 nitrogen and oxygen atoms in total. The summed E-state index contributed by atoms with van der Waals surface area (Å²) >= 11 is 6.40. The van der Waals surface area contributed by atoms with Gasteiger partial charge in [-0.2, -0.15) is 12.7 Å². The quantitative estimate of drug-likeness (QED) is 0.323. The van der Waals surface area contributed by atoms with Crippen molar-refractivity contribution in [2.75, 3.05) is 44.3 Å². The molecule has 1 unspecified atom stereocenters. The summed E-state index contributed by atoms with van der Waals surface area (Å²) in [6, 6.07) is 11.2. The van der Waals surface area contributed by atoms with Gasteiger partial charge in [-0.1, -0.05) is 29.8 Å². The fourth-order valence-electron chi connectivity index (χ4n) is 7.66. The van der Waals surface area contributed by atoms with E-state index in [-0.39, 0.29) is 42.0 Å².